The summed E-state index contributed by atoms with van der Waals surface area (Å²) in [5.41, 5.74) is 3.28. The molecule has 0 unspecified atom stereocenters. The minimum absolute atomic E-state index is 0.193. The molecule has 1 heterocycles. The Morgan fingerprint density at radius 3 is 2.41 bits per heavy atom. The van der Waals surface area contributed by atoms with Crippen LogP contribution in [0.5, 0.6) is 0 Å². The number of para-hydroxylation sites is 2. The minimum Gasteiger partial charge on any atom is -0.324 e. The van der Waals surface area contributed by atoms with Gasteiger partial charge in [0.1, 0.15) is 0 Å². The van der Waals surface area contributed by atoms with Crippen molar-refractivity contribution in [2.45, 2.75) is 0 Å². The Morgan fingerprint density at radius 2 is 1.67 bits per heavy atom. The molecule has 0 bridgehead atoms. The molecule has 0 saturated heterocycles. The van der Waals surface area contributed by atoms with Crippen LogP contribution in [0, 0.1) is 0 Å². The third kappa shape index (κ3) is 3.74. The number of hydrogen-bond donors (Lipinski definition) is 3. The van der Waals surface area contributed by atoms with E-state index in [0.717, 1.165) is 16.7 Å². The third-order valence-electron chi connectivity index (χ3n) is 3.98. The monoisotopic (exact) mass is 396 g/mol. The average Bonchev–Trinajstić information content (AvgIpc) is 3.07. The van der Waals surface area contributed by atoms with Crippen molar-refractivity contribution in [3.8, 4) is 0 Å². The van der Waals surface area contributed by atoms with Gasteiger partial charge in [0.2, 0.25) is 5.95 Å². The number of carbonyl (C=O) groups excluding carboxylic acids is 1. The highest BCUT2D eigenvalue weighted by molar-refractivity contribution is 6.39. The van der Waals surface area contributed by atoms with E-state index in [-0.39, 0.29) is 5.91 Å². The number of rotatable bonds is 4. The highest BCUT2D eigenvalue weighted by atomic mass is 35.5. The van der Waals surface area contributed by atoms with Crippen molar-refractivity contribution in [2.75, 3.05) is 10.6 Å². The number of nitrogens with zero attached hydrogens (tertiary/aromatic N) is 1. The number of imidazole rings is 1. The van der Waals surface area contributed by atoms with E-state index in [0.29, 0.717) is 27.2 Å². The highest BCUT2D eigenvalue weighted by Crippen LogP contribution is 2.32. The van der Waals surface area contributed by atoms with Gasteiger partial charge in [0, 0.05) is 11.3 Å². The van der Waals surface area contributed by atoms with Crippen LogP contribution < -0.4 is 10.6 Å². The number of aromatic nitrogens is 2. The van der Waals surface area contributed by atoms with Crippen LogP contribution in [0.25, 0.3) is 11.0 Å². The third-order valence-corrected chi connectivity index (χ3v) is 4.61. The molecule has 0 fully saturated rings. The molecule has 0 aliphatic rings. The molecule has 0 aliphatic heterocycles. The van der Waals surface area contributed by atoms with Crippen LogP contribution >= 0.6 is 23.2 Å². The molecule has 5 nitrogen and oxygen atoms in total. The van der Waals surface area contributed by atoms with Crippen LogP contribution in [-0.2, 0) is 0 Å². The number of fused-ring (bicyclic) bond motifs is 1. The number of hydrogen-bond acceptors (Lipinski definition) is 3. The van der Waals surface area contributed by atoms with Gasteiger partial charge in [0.05, 0.1) is 26.8 Å². The van der Waals surface area contributed by atoms with Crippen molar-refractivity contribution in [1.82, 2.24) is 9.97 Å². The second-order valence-electron chi connectivity index (χ2n) is 5.86. The molecular formula is C20H14Cl2N4O. The van der Waals surface area contributed by atoms with E-state index in [1.165, 1.54) is 0 Å². The van der Waals surface area contributed by atoms with E-state index in [9.17, 15) is 4.79 Å². The molecule has 0 atom stereocenters. The molecule has 1 aromatic heterocycles. The van der Waals surface area contributed by atoms with Crippen LogP contribution in [0.1, 0.15) is 10.4 Å². The number of anilines is 3. The summed E-state index contributed by atoms with van der Waals surface area (Å²) in [7, 11) is 0. The predicted octanol–water partition coefficient (Wildman–Crippen LogP) is 5.87. The lowest BCUT2D eigenvalue weighted by Gasteiger charge is -2.07. The number of carbonyl (C=O) groups is 1. The molecule has 4 rings (SSSR count). The standard InChI is InChI=1S/C20H14Cl2N4O/c21-14-7-4-8-15(22)18(14)26-20-24-16-10-9-12(11-17(16)25-20)19(27)23-13-5-2-1-3-6-13/h1-11H,(H,23,27)(H2,24,25,26). The lowest BCUT2D eigenvalue weighted by atomic mass is 10.2. The van der Waals surface area contributed by atoms with Gasteiger partial charge in [-0.05, 0) is 42.5 Å². The van der Waals surface area contributed by atoms with Gasteiger partial charge in [0.15, 0.2) is 0 Å². The van der Waals surface area contributed by atoms with Gasteiger partial charge in [0.25, 0.3) is 5.91 Å². The molecule has 3 aromatic carbocycles. The van der Waals surface area contributed by atoms with E-state index in [1.54, 1.807) is 36.4 Å². The van der Waals surface area contributed by atoms with Crippen molar-refractivity contribution < 1.29 is 4.79 Å². The first-order valence-corrected chi connectivity index (χ1v) is 8.93. The number of benzene rings is 3. The summed E-state index contributed by atoms with van der Waals surface area (Å²) in [5, 5.41) is 6.93. The fraction of sp³-hybridized carbons (Fsp3) is 0. The van der Waals surface area contributed by atoms with Gasteiger partial charge in [-0.25, -0.2) is 4.98 Å². The molecule has 0 saturated carbocycles. The first kappa shape index (κ1) is 17.4. The zero-order valence-electron chi connectivity index (χ0n) is 14.0. The largest absolute Gasteiger partial charge is 0.324 e. The maximum absolute atomic E-state index is 12.4. The summed E-state index contributed by atoms with van der Waals surface area (Å²) in [6, 6.07) is 19.8. The summed E-state index contributed by atoms with van der Waals surface area (Å²) >= 11 is 12.4. The maximum atomic E-state index is 12.4. The molecule has 1 amide bonds. The Balaban J connectivity index is 1.59. The zero-order chi connectivity index (χ0) is 18.8. The fourth-order valence-electron chi connectivity index (χ4n) is 2.67. The van der Waals surface area contributed by atoms with Crippen LogP contribution in [0.3, 0.4) is 0 Å². The van der Waals surface area contributed by atoms with Crippen molar-refractivity contribution >= 4 is 57.5 Å². The lowest BCUT2D eigenvalue weighted by molar-refractivity contribution is 0.102. The molecule has 27 heavy (non-hydrogen) atoms. The summed E-state index contributed by atoms with van der Waals surface area (Å²) in [6.07, 6.45) is 0. The molecule has 0 radical (unpaired) electrons. The summed E-state index contributed by atoms with van der Waals surface area (Å²) in [5.74, 6) is 0.293. The van der Waals surface area contributed by atoms with Gasteiger partial charge in [-0.2, -0.15) is 0 Å². The van der Waals surface area contributed by atoms with E-state index < -0.39 is 0 Å². The Labute approximate surface area is 165 Å². The van der Waals surface area contributed by atoms with Crippen molar-refractivity contribution in [2.24, 2.45) is 0 Å². The molecule has 4 aromatic rings. The second-order valence-corrected chi connectivity index (χ2v) is 6.67. The molecular weight excluding hydrogens is 383 g/mol. The van der Waals surface area contributed by atoms with E-state index >= 15 is 0 Å². The quantitative estimate of drug-likeness (QED) is 0.404. The van der Waals surface area contributed by atoms with Crippen LogP contribution in [-0.4, -0.2) is 15.9 Å². The Morgan fingerprint density at radius 1 is 0.926 bits per heavy atom. The van der Waals surface area contributed by atoms with Crippen LogP contribution in [0.2, 0.25) is 10.0 Å². The number of amides is 1. The zero-order valence-corrected chi connectivity index (χ0v) is 15.5. The average molecular weight is 397 g/mol. The number of aromatic amines is 1. The van der Waals surface area contributed by atoms with E-state index in [2.05, 4.69) is 20.6 Å². The molecule has 0 aliphatic carbocycles. The molecule has 0 spiro atoms. The van der Waals surface area contributed by atoms with E-state index in [1.807, 2.05) is 30.3 Å². The molecule has 3 N–H and O–H groups in total. The van der Waals surface area contributed by atoms with Crippen molar-refractivity contribution in [1.29, 1.82) is 0 Å². The Bertz CT molecular complexity index is 1110. The number of H-pyrrole nitrogens is 1. The summed E-state index contributed by atoms with van der Waals surface area (Å²) < 4.78 is 0. The summed E-state index contributed by atoms with van der Waals surface area (Å²) in [6.45, 7) is 0. The lowest BCUT2D eigenvalue weighted by Crippen LogP contribution is -2.11. The first-order valence-electron chi connectivity index (χ1n) is 8.17. The SMILES string of the molecule is O=C(Nc1ccccc1)c1ccc2nc(Nc3c(Cl)cccc3Cl)[nH]c2c1. The normalized spacial score (nSPS) is 10.7. The molecule has 7 heteroatoms. The first-order chi connectivity index (χ1) is 13.1. The summed E-state index contributed by atoms with van der Waals surface area (Å²) in [4.78, 5) is 20.0. The van der Waals surface area contributed by atoms with Crippen molar-refractivity contribution in [3.63, 3.8) is 0 Å². The topological polar surface area (TPSA) is 69.8 Å². The predicted molar refractivity (Wildman–Crippen MR) is 110 cm³/mol. The van der Waals surface area contributed by atoms with E-state index in [4.69, 9.17) is 23.2 Å². The van der Waals surface area contributed by atoms with Gasteiger partial charge in [-0.15, -0.1) is 0 Å². The van der Waals surface area contributed by atoms with Gasteiger partial charge in [-0.3, -0.25) is 4.79 Å². The number of nitrogens with one attached hydrogen (secondary N) is 3. The van der Waals surface area contributed by atoms with Gasteiger partial charge >= 0.3 is 0 Å². The fourth-order valence-corrected chi connectivity index (χ4v) is 3.16. The van der Waals surface area contributed by atoms with Crippen LogP contribution in [0.4, 0.5) is 17.3 Å². The van der Waals surface area contributed by atoms with Gasteiger partial charge in [-0.1, -0.05) is 47.5 Å². The van der Waals surface area contributed by atoms with Gasteiger partial charge < -0.3 is 15.6 Å². The van der Waals surface area contributed by atoms with Crippen molar-refractivity contribution in [3.05, 3.63) is 82.3 Å². The highest BCUT2D eigenvalue weighted by Gasteiger charge is 2.11. The number of halogens is 2. The van der Waals surface area contributed by atoms with Crippen LogP contribution in [0.15, 0.2) is 66.7 Å². The second kappa shape index (κ2) is 7.31. The Kier molecular flexibility index (Phi) is 4.71. The smallest absolute Gasteiger partial charge is 0.255 e. The maximum Gasteiger partial charge on any atom is 0.255 e. The molecule has 134 valence electrons. The minimum atomic E-state index is -0.193. The Hall–Kier alpha value is -3.02.